The summed E-state index contributed by atoms with van der Waals surface area (Å²) in [6.07, 6.45) is 0.812. The first-order valence-electron chi connectivity index (χ1n) is 7.41. The van der Waals surface area contributed by atoms with Gasteiger partial charge in [-0.1, -0.05) is 18.2 Å². The van der Waals surface area contributed by atoms with Gasteiger partial charge in [0.25, 0.3) is 0 Å². The van der Waals surface area contributed by atoms with Gasteiger partial charge in [-0.15, -0.1) is 0 Å². The number of rotatable bonds is 7. The van der Waals surface area contributed by atoms with Gasteiger partial charge in [0.1, 0.15) is 11.5 Å². The van der Waals surface area contributed by atoms with Crippen LogP contribution in [0.3, 0.4) is 0 Å². The van der Waals surface area contributed by atoms with Crippen molar-refractivity contribution in [3.05, 3.63) is 59.2 Å². The van der Waals surface area contributed by atoms with E-state index in [1.807, 2.05) is 12.1 Å². The smallest absolute Gasteiger partial charge is 0.303 e. The third-order valence-corrected chi connectivity index (χ3v) is 3.71. The lowest BCUT2D eigenvalue weighted by Crippen LogP contribution is -2.08. The monoisotopic (exact) mass is 316 g/mol. The number of aliphatic hydroxyl groups is 1. The first-order valence-corrected chi connectivity index (χ1v) is 7.41. The number of hydrogen-bond donors (Lipinski definition) is 4. The molecule has 0 amide bonds. The van der Waals surface area contributed by atoms with E-state index in [1.54, 1.807) is 24.3 Å². The summed E-state index contributed by atoms with van der Waals surface area (Å²) in [7, 11) is 0. The van der Waals surface area contributed by atoms with Crippen molar-refractivity contribution < 1.29 is 25.2 Å². The average Bonchev–Trinajstić information content (AvgIpc) is 2.50. The summed E-state index contributed by atoms with van der Waals surface area (Å²) in [5.41, 5.74) is 2.34. The van der Waals surface area contributed by atoms with E-state index in [4.69, 9.17) is 5.11 Å². The maximum Gasteiger partial charge on any atom is 0.303 e. The zero-order valence-corrected chi connectivity index (χ0v) is 12.6. The van der Waals surface area contributed by atoms with Crippen molar-refractivity contribution in [1.82, 2.24) is 0 Å². The molecule has 0 radical (unpaired) electrons. The van der Waals surface area contributed by atoms with E-state index in [1.165, 1.54) is 6.07 Å². The van der Waals surface area contributed by atoms with Gasteiger partial charge in [-0.25, -0.2) is 0 Å². The van der Waals surface area contributed by atoms with E-state index in [0.29, 0.717) is 12.8 Å². The van der Waals surface area contributed by atoms with E-state index < -0.39 is 5.97 Å². The van der Waals surface area contributed by atoms with E-state index in [2.05, 4.69) is 0 Å². The third kappa shape index (κ3) is 5.00. The molecular formula is C18H20O5. The molecule has 1 unspecified atom stereocenters. The molecule has 1 atom stereocenters. The summed E-state index contributed by atoms with van der Waals surface area (Å²) in [6.45, 7) is -0.114. The van der Waals surface area contributed by atoms with Crippen molar-refractivity contribution in [2.75, 3.05) is 6.61 Å². The van der Waals surface area contributed by atoms with Gasteiger partial charge in [0.05, 0.1) is 6.61 Å². The molecule has 4 N–H and O–H groups in total. The third-order valence-electron chi connectivity index (χ3n) is 3.71. The lowest BCUT2D eigenvalue weighted by molar-refractivity contribution is -0.136. The highest BCUT2D eigenvalue weighted by molar-refractivity contribution is 5.67. The largest absolute Gasteiger partial charge is 0.508 e. The van der Waals surface area contributed by atoms with E-state index in [0.717, 1.165) is 16.7 Å². The van der Waals surface area contributed by atoms with Crippen LogP contribution in [-0.2, 0) is 17.6 Å². The minimum atomic E-state index is -0.895. The second kappa shape index (κ2) is 7.65. The molecule has 122 valence electrons. The molecule has 0 saturated heterocycles. The van der Waals surface area contributed by atoms with Gasteiger partial charge in [0, 0.05) is 12.3 Å². The summed E-state index contributed by atoms with van der Waals surface area (Å²) >= 11 is 0. The summed E-state index contributed by atoms with van der Waals surface area (Å²) in [4.78, 5) is 10.7. The fourth-order valence-electron chi connectivity index (χ4n) is 2.59. The van der Waals surface area contributed by atoms with Crippen LogP contribution in [0.4, 0.5) is 0 Å². The molecule has 2 aromatic carbocycles. The number of carbonyl (C=O) groups is 1. The van der Waals surface area contributed by atoms with Crippen molar-refractivity contribution in [3.63, 3.8) is 0 Å². The number of phenolic OH excluding ortho intramolecular Hbond substituents is 2. The first-order chi connectivity index (χ1) is 11.0. The Morgan fingerprint density at radius 1 is 1.00 bits per heavy atom. The van der Waals surface area contributed by atoms with E-state index in [9.17, 15) is 20.1 Å². The van der Waals surface area contributed by atoms with Gasteiger partial charge >= 0.3 is 5.97 Å². The second-order valence-corrected chi connectivity index (χ2v) is 5.58. The van der Waals surface area contributed by atoms with Crippen LogP contribution >= 0.6 is 0 Å². The van der Waals surface area contributed by atoms with Gasteiger partial charge in [-0.2, -0.15) is 0 Å². The molecule has 2 rings (SSSR count). The summed E-state index contributed by atoms with van der Waals surface area (Å²) in [5.74, 6) is -0.921. The molecule has 0 spiro atoms. The lowest BCUT2D eigenvalue weighted by atomic mass is 9.90. The SMILES string of the molecule is O=C(O)CCc1cc(O)cc(C(CO)Cc2cccc(O)c2)c1. The van der Waals surface area contributed by atoms with E-state index in [-0.39, 0.29) is 30.4 Å². The summed E-state index contributed by atoms with van der Waals surface area (Å²) in [6, 6.07) is 11.7. The van der Waals surface area contributed by atoms with Crippen LogP contribution in [0.25, 0.3) is 0 Å². The number of aliphatic hydroxyl groups excluding tert-OH is 1. The predicted molar refractivity (Wildman–Crippen MR) is 85.7 cm³/mol. The molecule has 2 aromatic rings. The second-order valence-electron chi connectivity index (χ2n) is 5.58. The van der Waals surface area contributed by atoms with Crippen molar-refractivity contribution in [3.8, 4) is 11.5 Å². The average molecular weight is 316 g/mol. The normalized spacial score (nSPS) is 12.0. The predicted octanol–water partition coefficient (Wildman–Crippen LogP) is 2.43. The van der Waals surface area contributed by atoms with Gasteiger partial charge < -0.3 is 20.4 Å². The van der Waals surface area contributed by atoms with Crippen molar-refractivity contribution >= 4 is 5.97 Å². The van der Waals surface area contributed by atoms with Crippen LogP contribution < -0.4 is 0 Å². The first kappa shape index (κ1) is 16.8. The Hall–Kier alpha value is -2.53. The molecular weight excluding hydrogens is 296 g/mol. The van der Waals surface area contributed by atoms with E-state index >= 15 is 0 Å². The lowest BCUT2D eigenvalue weighted by Gasteiger charge is -2.16. The van der Waals surface area contributed by atoms with Gasteiger partial charge in [0.2, 0.25) is 0 Å². The zero-order chi connectivity index (χ0) is 16.8. The Kier molecular flexibility index (Phi) is 5.60. The number of aromatic hydroxyl groups is 2. The summed E-state index contributed by atoms with van der Waals surface area (Å²) < 4.78 is 0. The molecule has 0 heterocycles. The van der Waals surface area contributed by atoms with Gasteiger partial charge in [-0.05, 0) is 53.8 Å². The number of hydrogen-bond acceptors (Lipinski definition) is 4. The number of aliphatic carboxylic acids is 1. The summed E-state index contributed by atoms with van der Waals surface area (Å²) in [5, 5.41) is 37.8. The van der Waals surface area contributed by atoms with Crippen LogP contribution in [-0.4, -0.2) is 33.0 Å². The highest BCUT2D eigenvalue weighted by Crippen LogP contribution is 2.27. The van der Waals surface area contributed by atoms with Gasteiger partial charge in [0.15, 0.2) is 0 Å². The highest BCUT2D eigenvalue weighted by Gasteiger charge is 2.14. The Morgan fingerprint density at radius 3 is 2.39 bits per heavy atom. The molecule has 23 heavy (non-hydrogen) atoms. The van der Waals surface area contributed by atoms with Crippen molar-refractivity contribution in [2.45, 2.75) is 25.2 Å². The maximum absolute atomic E-state index is 10.7. The number of benzene rings is 2. The molecule has 0 bridgehead atoms. The Morgan fingerprint density at radius 2 is 1.74 bits per heavy atom. The quantitative estimate of drug-likeness (QED) is 0.629. The molecule has 0 saturated carbocycles. The van der Waals surface area contributed by atoms with Crippen molar-refractivity contribution in [1.29, 1.82) is 0 Å². The van der Waals surface area contributed by atoms with Crippen LogP contribution in [0.15, 0.2) is 42.5 Å². The van der Waals surface area contributed by atoms with Crippen molar-refractivity contribution in [2.24, 2.45) is 0 Å². The minimum absolute atomic E-state index is 0.0146. The van der Waals surface area contributed by atoms with Crippen LogP contribution in [0.1, 0.15) is 29.0 Å². The fourth-order valence-corrected chi connectivity index (χ4v) is 2.59. The van der Waals surface area contributed by atoms with Gasteiger partial charge in [-0.3, -0.25) is 4.79 Å². The minimum Gasteiger partial charge on any atom is -0.508 e. The number of phenols is 2. The zero-order valence-electron chi connectivity index (χ0n) is 12.6. The molecule has 0 aromatic heterocycles. The Balaban J connectivity index is 2.21. The Bertz CT molecular complexity index is 681. The molecule has 5 heteroatoms. The molecule has 0 aliphatic rings. The molecule has 0 aliphatic heterocycles. The fraction of sp³-hybridized carbons (Fsp3) is 0.278. The van der Waals surface area contributed by atoms with Crippen LogP contribution in [0, 0.1) is 0 Å². The van der Waals surface area contributed by atoms with Crippen LogP contribution in [0.2, 0.25) is 0 Å². The maximum atomic E-state index is 10.7. The Labute approximate surface area is 134 Å². The number of carboxylic acids is 1. The topological polar surface area (TPSA) is 98.0 Å². The van der Waals surface area contributed by atoms with Crippen LogP contribution in [0.5, 0.6) is 11.5 Å². The highest BCUT2D eigenvalue weighted by atomic mass is 16.4. The number of carboxylic acid groups (broad SMARTS) is 1. The molecule has 0 fully saturated rings. The molecule has 5 nitrogen and oxygen atoms in total. The standard InChI is InChI=1S/C18H20O5/c19-11-15(7-12-2-1-3-16(20)8-12)14-6-13(4-5-18(22)23)9-17(21)10-14/h1-3,6,8-10,15,19-21H,4-5,7,11H2,(H,22,23). The number of aryl methyl sites for hydroxylation is 1. The molecule has 0 aliphatic carbocycles.